The van der Waals surface area contributed by atoms with Gasteiger partial charge in [0.2, 0.25) is 0 Å². The van der Waals surface area contributed by atoms with Crippen molar-refractivity contribution >= 4 is 11.8 Å². The van der Waals surface area contributed by atoms with Gasteiger partial charge in [0.25, 0.3) is 5.69 Å². The van der Waals surface area contributed by atoms with Crippen molar-refractivity contribution in [1.29, 1.82) is 5.26 Å². The molecule has 0 heterocycles. The number of aryl methyl sites for hydroxylation is 1. The van der Waals surface area contributed by atoms with Crippen LogP contribution in [0.25, 0.3) is 0 Å². The molecule has 120 valence electrons. The molecule has 0 spiro atoms. The molecule has 7 heteroatoms. The molecule has 0 radical (unpaired) electrons. The Morgan fingerprint density at radius 1 is 1.39 bits per heavy atom. The molecule has 0 atom stereocenters. The molecule has 0 aliphatic carbocycles. The minimum absolute atomic E-state index is 0.0375. The summed E-state index contributed by atoms with van der Waals surface area (Å²) < 4.78 is 5.05. The number of carbonyl (C=O) groups is 1. The number of nitriles is 1. The molecule has 1 N–H and O–H groups in total. The lowest BCUT2D eigenvalue weighted by atomic mass is 10.0. The number of nitro groups is 1. The smallest absolute Gasteiger partial charge is 0.408 e. The van der Waals surface area contributed by atoms with Crippen molar-refractivity contribution < 1.29 is 14.5 Å². The van der Waals surface area contributed by atoms with Crippen LogP contribution in [0.1, 0.15) is 37.5 Å². The van der Waals surface area contributed by atoms with Crippen LogP contribution in [0.5, 0.6) is 0 Å². The Bertz CT molecular complexity index is 731. The molecule has 0 aromatic heterocycles. The van der Waals surface area contributed by atoms with Crippen molar-refractivity contribution in [1.82, 2.24) is 5.32 Å². The summed E-state index contributed by atoms with van der Waals surface area (Å²) in [5, 5.41) is 22.4. The van der Waals surface area contributed by atoms with Gasteiger partial charge in [-0.3, -0.25) is 10.1 Å². The Hall–Kier alpha value is -3.06. The van der Waals surface area contributed by atoms with E-state index in [1.807, 2.05) is 6.07 Å². The molecule has 1 aromatic rings. The standard InChI is InChI=1S/C16H17N3O4/c1-11-8-12(13(10-17)9-14(11)19(21)22)6-5-7-18-15(20)23-16(2,3)4/h8-9H,7H2,1-4H3,(H,18,20). The van der Waals surface area contributed by atoms with Gasteiger partial charge >= 0.3 is 6.09 Å². The maximum atomic E-state index is 11.4. The molecule has 1 amide bonds. The highest BCUT2D eigenvalue weighted by Crippen LogP contribution is 2.22. The Labute approximate surface area is 134 Å². The van der Waals surface area contributed by atoms with E-state index in [4.69, 9.17) is 10.00 Å². The van der Waals surface area contributed by atoms with Crippen LogP contribution in [0, 0.1) is 40.2 Å². The third-order valence-corrected chi connectivity index (χ3v) is 2.60. The summed E-state index contributed by atoms with van der Waals surface area (Å²) in [6, 6.07) is 4.56. The van der Waals surface area contributed by atoms with E-state index in [1.54, 1.807) is 27.7 Å². The third-order valence-electron chi connectivity index (χ3n) is 2.60. The molecule has 0 saturated carbocycles. The number of carbonyl (C=O) groups excluding carboxylic acids is 1. The van der Waals surface area contributed by atoms with Crippen LogP contribution in [0.3, 0.4) is 0 Å². The quantitative estimate of drug-likeness (QED) is 0.513. The molecule has 23 heavy (non-hydrogen) atoms. The van der Waals surface area contributed by atoms with Crippen LogP contribution < -0.4 is 5.32 Å². The topological polar surface area (TPSA) is 105 Å². The first-order valence-corrected chi connectivity index (χ1v) is 6.79. The van der Waals surface area contributed by atoms with E-state index < -0.39 is 16.6 Å². The van der Waals surface area contributed by atoms with Crippen LogP contribution in [0.2, 0.25) is 0 Å². The van der Waals surface area contributed by atoms with Gasteiger partial charge in [0.05, 0.1) is 17.0 Å². The van der Waals surface area contributed by atoms with Crippen molar-refractivity contribution in [2.24, 2.45) is 0 Å². The minimum atomic E-state index is -0.596. The maximum absolute atomic E-state index is 11.4. The summed E-state index contributed by atoms with van der Waals surface area (Å²) >= 11 is 0. The first kappa shape index (κ1) is 18.0. The number of nitro benzene ring substituents is 1. The fourth-order valence-electron chi connectivity index (χ4n) is 1.66. The van der Waals surface area contributed by atoms with E-state index in [0.717, 1.165) is 0 Å². The second-order valence-electron chi connectivity index (χ2n) is 5.71. The first-order valence-electron chi connectivity index (χ1n) is 6.79. The number of amides is 1. The summed E-state index contributed by atoms with van der Waals surface area (Å²) in [7, 11) is 0. The molecule has 7 nitrogen and oxygen atoms in total. The molecule has 0 unspecified atom stereocenters. The van der Waals surface area contributed by atoms with Gasteiger partial charge in [-0.2, -0.15) is 5.26 Å². The lowest BCUT2D eigenvalue weighted by Crippen LogP contribution is -2.32. The number of rotatable bonds is 2. The molecule has 1 aromatic carbocycles. The lowest BCUT2D eigenvalue weighted by molar-refractivity contribution is -0.385. The SMILES string of the molecule is Cc1cc(C#CCNC(=O)OC(C)(C)C)c(C#N)cc1[N+](=O)[O-]. The summed E-state index contributed by atoms with van der Waals surface area (Å²) in [6.07, 6.45) is -0.591. The van der Waals surface area contributed by atoms with Crippen LogP contribution in [-0.2, 0) is 4.74 Å². The van der Waals surface area contributed by atoms with Crippen molar-refractivity contribution in [3.8, 4) is 17.9 Å². The number of alkyl carbamates (subject to hydrolysis) is 1. The van der Waals surface area contributed by atoms with Gasteiger partial charge < -0.3 is 10.1 Å². The number of ether oxygens (including phenoxy) is 1. The molecule has 0 bridgehead atoms. The predicted octanol–water partition coefficient (Wildman–Crippen LogP) is 2.65. The van der Waals surface area contributed by atoms with Gasteiger partial charge in [-0.25, -0.2) is 4.79 Å². The monoisotopic (exact) mass is 315 g/mol. The number of hydrogen-bond donors (Lipinski definition) is 1. The van der Waals surface area contributed by atoms with Crippen LogP contribution in [0.15, 0.2) is 12.1 Å². The average molecular weight is 315 g/mol. The van der Waals surface area contributed by atoms with E-state index in [2.05, 4.69) is 17.2 Å². The highest BCUT2D eigenvalue weighted by Gasteiger charge is 2.15. The summed E-state index contributed by atoms with van der Waals surface area (Å²) in [5.41, 5.74) is 0.187. The second-order valence-corrected chi connectivity index (χ2v) is 5.71. The normalized spacial score (nSPS) is 10.0. The fourth-order valence-corrected chi connectivity index (χ4v) is 1.66. The van der Waals surface area contributed by atoms with Crippen molar-refractivity contribution in [3.63, 3.8) is 0 Å². The predicted molar refractivity (Wildman–Crippen MR) is 83.7 cm³/mol. The Morgan fingerprint density at radius 2 is 2.04 bits per heavy atom. The molecule has 0 aliphatic rings. The number of hydrogen-bond acceptors (Lipinski definition) is 5. The zero-order chi connectivity index (χ0) is 17.6. The maximum Gasteiger partial charge on any atom is 0.408 e. The third kappa shape index (κ3) is 5.68. The summed E-state index contributed by atoms with van der Waals surface area (Å²) in [6.45, 7) is 6.85. The van der Waals surface area contributed by atoms with Crippen LogP contribution in [0.4, 0.5) is 10.5 Å². The van der Waals surface area contributed by atoms with E-state index in [1.165, 1.54) is 12.1 Å². The molecule has 0 aliphatic heterocycles. The molecule has 1 rings (SSSR count). The van der Waals surface area contributed by atoms with Crippen molar-refractivity contribution in [3.05, 3.63) is 38.9 Å². The van der Waals surface area contributed by atoms with Crippen LogP contribution >= 0.6 is 0 Å². The summed E-state index contributed by atoms with van der Waals surface area (Å²) in [5.74, 6) is 5.41. The zero-order valence-corrected chi connectivity index (χ0v) is 13.4. The average Bonchev–Trinajstić information content (AvgIpc) is 2.41. The summed E-state index contributed by atoms with van der Waals surface area (Å²) in [4.78, 5) is 21.7. The Morgan fingerprint density at radius 3 is 2.57 bits per heavy atom. The van der Waals surface area contributed by atoms with Crippen molar-refractivity contribution in [2.45, 2.75) is 33.3 Å². The number of benzene rings is 1. The van der Waals surface area contributed by atoms with E-state index >= 15 is 0 Å². The van der Waals surface area contributed by atoms with Gasteiger partial charge in [0.1, 0.15) is 11.7 Å². The highest BCUT2D eigenvalue weighted by atomic mass is 16.6. The zero-order valence-electron chi connectivity index (χ0n) is 13.4. The van der Waals surface area contributed by atoms with Gasteiger partial charge in [-0.1, -0.05) is 11.8 Å². The Balaban J connectivity index is 2.83. The molecular formula is C16H17N3O4. The van der Waals surface area contributed by atoms with Crippen LogP contribution in [-0.4, -0.2) is 23.2 Å². The second kappa shape index (κ2) is 7.28. The van der Waals surface area contributed by atoms with Crippen molar-refractivity contribution in [2.75, 3.05) is 6.54 Å². The van der Waals surface area contributed by atoms with E-state index in [-0.39, 0.29) is 17.8 Å². The van der Waals surface area contributed by atoms with E-state index in [0.29, 0.717) is 11.1 Å². The van der Waals surface area contributed by atoms with E-state index in [9.17, 15) is 14.9 Å². The highest BCUT2D eigenvalue weighted by molar-refractivity contribution is 5.68. The van der Waals surface area contributed by atoms with Gasteiger partial charge in [-0.05, 0) is 33.8 Å². The lowest BCUT2D eigenvalue weighted by Gasteiger charge is -2.19. The first-order chi connectivity index (χ1) is 10.6. The molecule has 0 saturated heterocycles. The fraction of sp³-hybridized carbons (Fsp3) is 0.375. The van der Waals surface area contributed by atoms with Gasteiger partial charge in [-0.15, -0.1) is 0 Å². The number of nitrogens with one attached hydrogen (secondary N) is 1. The van der Waals surface area contributed by atoms with Gasteiger partial charge in [0.15, 0.2) is 0 Å². The molecular weight excluding hydrogens is 298 g/mol. The number of nitrogens with zero attached hydrogens (tertiary/aromatic N) is 2. The Kier molecular flexibility index (Phi) is 5.69. The largest absolute Gasteiger partial charge is 0.444 e. The minimum Gasteiger partial charge on any atom is -0.444 e. The molecule has 0 fully saturated rings. The van der Waals surface area contributed by atoms with Gasteiger partial charge in [0, 0.05) is 17.2 Å².